The Kier molecular flexibility index (Phi) is 7.16. The van der Waals surface area contributed by atoms with Crippen LogP contribution in [0.2, 0.25) is 0 Å². The predicted octanol–water partition coefficient (Wildman–Crippen LogP) is 4.89. The number of amides is 1. The fraction of sp³-hybridized carbons (Fsp3) is 0.308. The fourth-order valence-corrected chi connectivity index (χ4v) is 4.40. The predicted molar refractivity (Wildman–Crippen MR) is 128 cm³/mol. The lowest BCUT2D eigenvalue weighted by Gasteiger charge is -2.36. The zero-order chi connectivity index (χ0) is 26.0. The topological polar surface area (TPSA) is 80.5 Å². The van der Waals surface area contributed by atoms with Crippen molar-refractivity contribution < 1.29 is 27.1 Å². The van der Waals surface area contributed by atoms with Crippen LogP contribution in [0.25, 0.3) is 11.1 Å². The lowest BCUT2D eigenvalue weighted by Crippen LogP contribution is -2.55. The summed E-state index contributed by atoms with van der Waals surface area (Å²) in [5, 5.41) is 3.39. The molecule has 1 aromatic heterocycles. The van der Waals surface area contributed by atoms with Crippen LogP contribution in [-0.2, 0) is 12.8 Å². The molecule has 36 heavy (non-hydrogen) atoms. The highest BCUT2D eigenvalue weighted by atomic mass is 19.4. The van der Waals surface area contributed by atoms with E-state index >= 15 is 0 Å². The molecular weight excluding hydrogens is 476 g/mol. The van der Waals surface area contributed by atoms with Gasteiger partial charge in [-0.05, 0) is 43.7 Å². The average molecular weight is 503 g/mol. The number of piperazine rings is 1. The summed E-state index contributed by atoms with van der Waals surface area (Å²) in [5.41, 5.74) is 6.02. The van der Waals surface area contributed by atoms with Gasteiger partial charge in [0.15, 0.2) is 0 Å². The molecule has 1 fully saturated rings. The third-order valence-electron chi connectivity index (χ3n) is 5.96. The molecule has 2 unspecified atom stereocenters. The van der Waals surface area contributed by atoms with Crippen molar-refractivity contribution in [2.24, 2.45) is 0 Å². The number of carbonyl (C=O) groups excluding carboxylic acids is 1. The molecule has 3 aromatic rings. The van der Waals surface area contributed by atoms with Crippen LogP contribution >= 0.6 is 0 Å². The number of hydrogen-bond donors (Lipinski definition) is 2. The molecule has 2 atom stereocenters. The summed E-state index contributed by atoms with van der Waals surface area (Å²) in [4.78, 5) is 18.8. The Morgan fingerprint density at radius 2 is 1.81 bits per heavy atom. The molecule has 1 saturated heterocycles. The number of pyridine rings is 1. The second-order valence-electron chi connectivity index (χ2n) is 8.92. The van der Waals surface area contributed by atoms with Gasteiger partial charge in [0, 0.05) is 41.9 Å². The first-order valence-corrected chi connectivity index (χ1v) is 11.4. The third-order valence-corrected chi connectivity index (χ3v) is 5.96. The van der Waals surface area contributed by atoms with E-state index in [1.807, 2.05) is 18.7 Å². The van der Waals surface area contributed by atoms with Crippen molar-refractivity contribution in [2.45, 2.75) is 38.7 Å². The van der Waals surface area contributed by atoms with Crippen molar-refractivity contribution in [3.63, 3.8) is 0 Å². The molecular formula is C26H26F4N4O2. The number of carbonyl (C=O) groups is 1. The molecule has 0 aliphatic carbocycles. The van der Waals surface area contributed by atoms with E-state index < -0.39 is 24.2 Å². The fourth-order valence-electron chi connectivity index (χ4n) is 4.40. The number of nitrogens with zero attached hydrogens (tertiary/aromatic N) is 2. The van der Waals surface area contributed by atoms with E-state index in [2.05, 4.69) is 10.3 Å². The second-order valence-corrected chi connectivity index (χ2v) is 8.92. The number of nitrogens with two attached hydrogens (primary N) is 1. The van der Waals surface area contributed by atoms with Crippen molar-refractivity contribution in [2.75, 3.05) is 18.8 Å². The maximum atomic E-state index is 13.8. The lowest BCUT2D eigenvalue weighted by molar-refractivity contribution is -0.141. The van der Waals surface area contributed by atoms with E-state index in [-0.39, 0.29) is 35.1 Å². The van der Waals surface area contributed by atoms with E-state index in [1.54, 1.807) is 30.3 Å². The first-order chi connectivity index (χ1) is 17.0. The van der Waals surface area contributed by atoms with Gasteiger partial charge in [0.1, 0.15) is 24.0 Å². The summed E-state index contributed by atoms with van der Waals surface area (Å²) >= 11 is 0. The number of nitrogens with one attached hydrogen (secondary N) is 1. The van der Waals surface area contributed by atoms with Gasteiger partial charge >= 0.3 is 6.18 Å². The smallest absolute Gasteiger partial charge is 0.419 e. The molecule has 1 aliphatic heterocycles. The van der Waals surface area contributed by atoms with Gasteiger partial charge in [-0.2, -0.15) is 13.2 Å². The Morgan fingerprint density at radius 3 is 2.44 bits per heavy atom. The van der Waals surface area contributed by atoms with E-state index in [9.17, 15) is 22.4 Å². The summed E-state index contributed by atoms with van der Waals surface area (Å²) < 4.78 is 59.1. The number of benzene rings is 2. The molecule has 0 saturated carbocycles. The molecule has 1 aliphatic rings. The summed E-state index contributed by atoms with van der Waals surface area (Å²) in [6.07, 6.45) is -3.56. The van der Waals surface area contributed by atoms with Crippen LogP contribution in [0.5, 0.6) is 5.75 Å². The number of halogens is 4. The SMILES string of the molecule is CC1CN(C(=O)c2ccc(-c3cc(OCc4cccc(F)c4C(F)(F)F)cnc3N)cc2)CC(C)N1. The highest BCUT2D eigenvalue weighted by Gasteiger charge is 2.36. The summed E-state index contributed by atoms with van der Waals surface area (Å²) in [7, 11) is 0. The van der Waals surface area contributed by atoms with Crippen LogP contribution in [0.4, 0.5) is 23.4 Å². The van der Waals surface area contributed by atoms with Crippen molar-refractivity contribution in [1.82, 2.24) is 15.2 Å². The molecule has 6 nitrogen and oxygen atoms in total. The van der Waals surface area contributed by atoms with Gasteiger partial charge in [0.2, 0.25) is 0 Å². The summed E-state index contributed by atoms with van der Waals surface area (Å²) in [6.45, 7) is 4.78. The first kappa shape index (κ1) is 25.4. The van der Waals surface area contributed by atoms with Crippen molar-refractivity contribution in [3.05, 3.63) is 77.2 Å². The molecule has 3 N–H and O–H groups in total. The maximum absolute atomic E-state index is 13.8. The Balaban J connectivity index is 1.51. The molecule has 2 heterocycles. The summed E-state index contributed by atoms with van der Waals surface area (Å²) in [6, 6.07) is 11.9. The Labute approximate surface area is 206 Å². The zero-order valence-electron chi connectivity index (χ0n) is 19.8. The van der Waals surface area contributed by atoms with Crippen LogP contribution < -0.4 is 15.8 Å². The number of anilines is 1. The van der Waals surface area contributed by atoms with Crippen molar-refractivity contribution >= 4 is 11.7 Å². The number of hydrogen-bond acceptors (Lipinski definition) is 5. The molecule has 0 bridgehead atoms. The number of nitrogen functional groups attached to an aromatic ring is 1. The number of ether oxygens (including phenoxy) is 1. The quantitative estimate of drug-likeness (QED) is 0.486. The maximum Gasteiger partial charge on any atom is 0.419 e. The van der Waals surface area contributed by atoms with Crippen LogP contribution in [0.1, 0.15) is 35.3 Å². The standard InChI is InChI=1S/C26H26F4N4O2/c1-15-12-34(13-16(2)33-15)25(35)18-8-6-17(7-9-18)21-10-20(11-32-24(21)31)36-14-19-4-3-5-22(27)23(19)26(28,29)30/h3-11,15-16,33H,12-14H2,1-2H3,(H2,31,32). The first-order valence-electron chi connectivity index (χ1n) is 11.4. The van der Waals surface area contributed by atoms with E-state index in [0.29, 0.717) is 29.8 Å². The Bertz CT molecular complexity index is 1240. The van der Waals surface area contributed by atoms with Crippen LogP contribution in [0.3, 0.4) is 0 Å². The van der Waals surface area contributed by atoms with Gasteiger partial charge in [-0.1, -0.05) is 24.3 Å². The minimum atomic E-state index is -4.85. The largest absolute Gasteiger partial charge is 0.487 e. The van der Waals surface area contributed by atoms with Gasteiger partial charge in [-0.25, -0.2) is 9.37 Å². The Morgan fingerprint density at radius 1 is 1.14 bits per heavy atom. The van der Waals surface area contributed by atoms with Crippen LogP contribution in [0.15, 0.2) is 54.7 Å². The van der Waals surface area contributed by atoms with Crippen LogP contribution in [0, 0.1) is 5.82 Å². The Hall–Kier alpha value is -3.66. The molecule has 2 aromatic carbocycles. The zero-order valence-corrected chi connectivity index (χ0v) is 19.8. The minimum absolute atomic E-state index is 0.0690. The average Bonchev–Trinajstić information content (AvgIpc) is 2.82. The van der Waals surface area contributed by atoms with E-state index in [1.165, 1.54) is 12.3 Å². The van der Waals surface area contributed by atoms with Gasteiger partial charge in [-0.15, -0.1) is 0 Å². The van der Waals surface area contributed by atoms with Gasteiger partial charge in [-0.3, -0.25) is 4.79 Å². The van der Waals surface area contributed by atoms with Crippen molar-refractivity contribution in [1.29, 1.82) is 0 Å². The van der Waals surface area contributed by atoms with Crippen molar-refractivity contribution in [3.8, 4) is 16.9 Å². The monoisotopic (exact) mass is 502 g/mol. The number of alkyl halides is 3. The molecule has 10 heteroatoms. The van der Waals surface area contributed by atoms with E-state index in [0.717, 1.165) is 12.1 Å². The molecule has 190 valence electrons. The third kappa shape index (κ3) is 5.59. The highest BCUT2D eigenvalue weighted by molar-refractivity contribution is 5.95. The molecule has 4 rings (SSSR count). The van der Waals surface area contributed by atoms with Gasteiger partial charge in [0.05, 0.1) is 11.8 Å². The lowest BCUT2D eigenvalue weighted by atomic mass is 10.0. The molecule has 0 spiro atoms. The van der Waals surface area contributed by atoms with Gasteiger partial charge < -0.3 is 20.7 Å². The molecule has 1 amide bonds. The minimum Gasteiger partial charge on any atom is -0.487 e. The second kappa shape index (κ2) is 10.1. The van der Waals surface area contributed by atoms with E-state index in [4.69, 9.17) is 10.5 Å². The number of rotatable bonds is 5. The summed E-state index contributed by atoms with van der Waals surface area (Å²) in [5.74, 6) is -1.08. The normalized spacial score (nSPS) is 18.2. The number of aromatic nitrogens is 1. The van der Waals surface area contributed by atoms with Crippen LogP contribution in [-0.4, -0.2) is 41.0 Å². The van der Waals surface area contributed by atoms with Gasteiger partial charge in [0.25, 0.3) is 5.91 Å². The molecule has 0 radical (unpaired) electrons. The highest BCUT2D eigenvalue weighted by Crippen LogP contribution is 2.35.